The number of benzene rings is 2. The third kappa shape index (κ3) is 6.40. The minimum Gasteiger partial charge on any atom is -0.497 e. The molecule has 2 aromatic carbocycles. The standard InChI is InChI=1S/C24H31N3O4S/c1-30-19-8-9-20(21(14-19)31-2)26-24(29)23(28)25-15-17-10-12-27(13-11-17)16-18-6-4-5-7-22(18)32-3/h4-9,14,17H,10-13,15-16H2,1-3H3,(H,25,28)(H,26,29). The van der Waals surface area contributed by atoms with Gasteiger partial charge in [-0.05, 0) is 61.9 Å². The van der Waals surface area contributed by atoms with Crippen molar-refractivity contribution in [2.45, 2.75) is 24.3 Å². The van der Waals surface area contributed by atoms with Crippen LogP contribution in [0.2, 0.25) is 0 Å². The van der Waals surface area contributed by atoms with Gasteiger partial charge in [0.25, 0.3) is 0 Å². The molecule has 2 amide bonds. The normalized spacial score (nSPS) is 14.6. The molecule has 0 spiro atoms. The highest BCUT2D eigenvalue weighted by Gasteiger charge is 2.22. The second kappa shape index (κ2) is 11.8. The van der Waals surface area contributed by atoms with Gasteiger partial charge in [0.05, 0.1) is 19.9 Å². The van der Waals surface area contributed by atoms with E-state index < -0.39 is 11.8 Å². The van der Waals surface area contributed by atoms with E-state index >= 15 is 0 Å². The summed E-state index contributed by atoms with van der Waals surface area (Å²) in [5.74, 6) is 0.0570. The van der Waals surface area contributed by atoms with Crippen LogP contribution in [-0.2, 0) is 16.1 Å². The molecule has 1 aliphatic heterocycles. The van der Waals surface area contributed by atoms with Crippen LogP contribution in [0.15, 0.2) is 47.4 Å². The van der Waals surface area contributed by atoms with Crippen molar-refractivity contribution in [3.05, 3.63) is 48.0 Å². The second-order valence-corrected chi connectivity index (χ2v) is 8.61. The smallest absolute Gasteiger partial charge is 0.313 e. The molecule has 172 valence electrons. The number of likely N-dealkylation sites (tertiary alicyclic amines) is 1. The van der Waals surface area contributed by atoms with E-state index in [9.17, 15) is 9.59 Å². The summed E-state index contributed by atoms with van der Waals surface area (Å²) in [4.78, 5) is 28.4. The summed E-state index contributed by atoms with van der Waals surface area (Å²) in [7, 11) is 3.05. The van der Waals surface area contributed by atoms with Gasteiger partial charge < -0.3 is 20.1 Å². The van der Waals surface area contributed by atoms with Crippen LogP contribution in [0, 0.1) is 5.92 Å². The Morgan fingerprint density at radius 3 is 2.50 bits per heavy atom. The Labute approximate surface area is 193 Å². The van der Waals surface area contributed by atoms with Gasteiger partial charge in [-0.15, -0.1) is 11.8 Å². The van der Waals surface area contributed by atoms with Crippen LogP contribution in [0.3, 0.4) is 0 Å². The topological polar surface area (TPSA) is 79.9 Å². The molecular formula is C24H31N3O4S. The molecule has 3 rings (SSSR count). The third-order valence-corrected chi connectivity index (χ3v) is 6.55. The van der Waals surface area contributed by atoms with Crippen molar-refractivity contribution >= 4 is 29.3 Å². The van der Waals surface area contributed by atoms with Gasteiger partial charge in [-0.25, -0.2) is 0 Å². The Morgan fingerprint density at radius 2 is 1.81 bits per heavy atom. The van der Waals surface area contributed by atoms with Crippen LogP contribution >= 0.6 is 11.8 Å². The fraction of sp³-hybridized carbons (Fsp3) is 0.417. The Balaban J connectivity index is 1.43. The lowest BCUT2D eigenvalue weighted by Crippen LogP contribution is -2.41. The number of thioether (sulfide) groups is 1. The lowest BCUT2D eigenvalue weighted by atomic mass is 9.96. The zero-order valence-corrected chi connectivity index (χ0v) is 19.7. The van der Waals surface area contributed by atoms with E-state index in [1.54, 1.807) is 37.1 Å². The molecule has 1 heterocycles. The lowest BCUT2D eigenvalue weighted by molar-refractivity contribution is -0.136. The molecule has 0 unspecified atom stereocenters. The average molecular weight is 458 g/mol. The fourth-order valence-corrected chi connectivity index (χ4v) is 4.43. The van der Waals surface area contributed by atoms with Crippen LogP contribution in [0.1, 0.15) is 18.4 Å². The number of hydrogen-bond acceptors (Lipinski definition) is 6. The van der Waals surface area contributed by atoms with E-state index in [2.05, 4.69) is 46.1 Å². The molecule has 7 nitrogen and oxygen atoms in total. The average Bonchev–Trinajstić information content (AvgIpc) is 2.83. The largest absolute Gasteiger partial charge is 0.497 e. The van der Waals surface area contributed by atoms with Gasteiger partial charge >= 0.3 is 11.8 Å². The molecule has 0 bridgehead atoms. The van der Waals surface area contributed by atoms with Crippen LogP contribution in [-0.4, -0.2) is 56.8 Å². The van der Waals surface area contributed by atoms with E-state index in [1.807, 2.05) is 0 Å². The predicted octanol–water partition coefficient (Wildman–Crippen LogP) is 3.39. The quantitative estimate of drug-likeness (QED) is 0.467. The van der Waals surface area contributed by atoms with Gasteiger partial charge in [0.2, 0.25) is 0 Å². The van der Waals surface area contributed by atoms with E-state index in [0.717, 1.165) is 32.5 Å². The highest BCUT2D eigenvalue weighted by atomic mass is 32.2. The van der Waals surface area contributed by atoms with Gasteiger partial charge in [-0.1, -0.05) is 18.2 Å². The van der Waals surface area contributed by atoms with Crippen LogP contribution in [0.4, 0.5) is 5.69 Å². The maximum Gasteiger partial charge on any atom is 0.313 e. The van der Waals surface area contributed by atoms with E-state index in [1.165, 1.54) is 17.6 Å². The van der Waals surface area contributed by atoms with Gasteiger partial charge in [0, 0.05) is 24.1 Å². The first-order chi connectivity index (χ1) is 15.5. The maximum atomic E-state index is 12.3. The Hall–Kier alpha value is -2.71. The number of anilines is 1. The minimum atomic E-state index is -0.709. The molecule has 1 aliphatic rings. The summed E-state index contributed by atoms with van der Waals surface area (Å²) in [6.07, 6.45) is 4.10. The van der Waals surface area contributed by atoms with E-state index in [-0.39, 0.29) is 0 Å². The molecule has 1 saturated heterocycles. The molecule has 2 aromatic rings. The Kier molecular flexibility index (Phi) is 8.81. The molecule has 0 aromatic heterocycles. The number of carbonyl (C=O) groups is 2. The van der Waals surface area contributed by atoms with Crippen molar-refractivity contribution in [2.75, 3.05) is 45.4 Å². The van der Waals surface area contributed by atoms with Gasteiger partial charge in [0.1, 0.15) is 11.5 Å². The maximum absolute atomic E-state index is 12.3. The number of carbonyl (C=O) groups excluding carboxylic acids is 2. The van der Waals surface area contributed by atoms with Gasteiger partial charge in [-0.2, -0.15) is 0 Å². The van der Waals surface area contributed by atoms with Crippen molar-refractivity contribution < 1.29 is 19.1 Å². The number of nitrogens with zero attached hydrogens (tertiary/aromatic N) is 1. The number of amides is 2. The van der Waals surface area contributed by atoms with Crippen molar-refractivity contribution in [1.82, 2.24) is 10.2 Å². The van der Waals surface area contributed by atoms with Crippen molar-refractivity contribution in [3.63, 3.8) is 0 Å². The Bertz CT molecular complexity index is 929. The predicted molar refractivity (Wildman–Crippen MR) is 127 cm³/mol. The monoisotopic (exact) mass is 457 g/mol. The second-order valence-electron chi connectivity index (χ2n) is 7.76. The zero-order valence-electron chi connectivity index (χ0n) is 18.8. The summed E-state index contributed by atoms with van der Waals surface area (Å²) in [5.41, 5.74) is 1.78. The summed E-state index contributed by atoms with van der Waals surface area (Å²) in [6.45, 7) is 3.42. The van der Waals surface area contributed by atoms with E-state index in [4.69, 9.17) is 9.47 Å². The number of hydrogen-bond donors (Lipinski definition) is 2. The number of rotatable bonds is 8. The van der Waals surface area contributed by atoms with E-state index in [0.29, 0.717) is 29.6 Å². The molecule has 0 aliphatic carbocycles. The first-order valence-electron chi connectivity index (χ1n) is 10.7. The molecule has 0 radical (unpaired) electrons. The first kappa shape index (κ1) is 23.9. The first-order valence-corrected chi connectivity index (χ1v) is 11.9. The molecular weight excluding hydrogens is 426 g/mol. The minimum absolute atomic E-state index is 0.370. The molecule has 2 N–H and O–H groups in total. The molecule has 0 atom stereocenters. The van der Waals surface area contributed by atoms with Gasteiger partial charge in [-0.3, -0.25) is 14.5 Å². The molecule has 32 heavy (non-hydrogen) atoms. The third-order valence-electron chi connectivity index (χ3n) is 5.71. The van der Waals surface area contributed by atoms with Crippen LogP contribution in [0.25, 0.3) is 0 Å². The summed E-state index contributed by atoms with van der Waals surface area (Å²) >= 11 is 1.78. The highest BCUT2D eigenvalue weighted by Crippen LogP contribution is 2.29. The summed E-state index contributed by atoms with van der Waals surface area (Å²) in [6, 6.07) is 13.5. The molecule has 1 fully saturated rings. The SMILES string of the molecule is COc1ccc(NC(=O)C(=O)NCC2CCN(Cc3ccccc3SC)CC2)c(OC)c1. The highest BCUT2D eigenvalue weighted by molar-refractivity contribution is 7.98. The number of nitrogens with one attached hydrogen (secondary N) is 2. The Morgan fingerprint density at radius 1 is 1.06 bits per heavy atom. The summed E-state index contributed by atoms with van der Waals surface area (Å²) in [5, 5.41) is 5.38. The van der Waals surface area contributed by atoms with Crippen molar-refractivity contribution in [3.8, 4) is 11.5 Å². The van der Waals surface area contributed by atoms with Gasteiger partial charge in [0.15, 0.2) is 0 Å². The molecule has 8 heteroatoms. The number of methoxy groups -OCH3 is 2. The van der Waals surface area contributed by atoms with Crippen molar-refractivity contribution in [2.24, 2.45) is 5.92 Å². The number of piperidine rings is 1. The van der Waals surface area contributed by atoms with Crippen molar-refractivity contribution in [1.29, 1.82) is 0 Å². The summed E-state index contributed by atoms with van der Waals surface area (Å²) < 4.78 is 10.4. The van der Waals surface area contributed by atoms with Crippen LogP contribution < -0.4 is 20.1 Å². The molecule has 0 saturated carbocycles. The fourth-order valence-electron chi connectivity index (χ4n) is 3.82. The lowest BCUT2D eigenvalue weighted by Gasteiger charge is -2.32. The number of ether oxygens (including phenoxy) is 2. The van der Waals surface area contributed by atoms with Crippen LogP contribution in [0.5, 0.6) is 11.5 Å². The zero-order chi connectivity index (χ0) is 22.9.